The molecule has 1 amide bonds. The summed E-state index contributed by atoms with van der Waals surface area (Å²) in [6.07, 6.45) is 1.79. The second-order valence-electron chi connectivity index (χ2n) is 5.25. The van der Waals surface area contributed by atoms with E-state index in [1.807, 2.05) is 20.9 Å². The molecule has 1 aromatic rings. The first kappa shape index (κ1) is 13.1. The van der Waals surface area contributed by atoms with Gasteiger partial charge in [0.1, 0.15) is 5.76 Å². The number of hydrogen-bond acceptors (Lipinski definition) is 4. The maximum absolute atomic E-state index is 12.1. The van der Waals surface area contributed by atoms with Crippen molar-refractivity contribution in [3.8, 4) is 0 Å². The van der Waals surface area contributed by atoms with Gasteiger partial charge in [-0.2, -0.15) is 0 Å². The molecule has 1 aliphatic rings. The van der Waals surface area contributed by atoms with Crippen LogP contribution < -0.4 is 0 Å². The van der Waals surface area contributed by atoms with Gasteiger partial charge < -0.3 is 14.5 Å². The molecule has 18 heavy (non-hydrogen) atoms. The van der Waals surface area contributed by atoms with E-state index < -0.39 is 0 Å². The lowest BCUT2D eigenvalue weighted by molar-refractivity contribution is -0.130. The van der Waals surface area contributed by atoms with Crippen LogP contribution in [0.25, 0.3) is 0 Å². The zero-order chi connectivity index (χ0) is 13.3. The SMILES string of the molecule is Cc1noc(C)c1CC(=O)N(C)CC1CC(O)C1. The monoisotopic (exact) mass is 252 g/mol. The van der Waals surface area contributed by atoms with Crippen molar-refractivity contribution in [2.45, 2.75) is 39.2 Å². The zero-order valence-corrected chi connectivity index (χ0v) is 11.1. The van der Waals surface area contributed by atoms with Gasteiger partial charge in [0.05, 0.1) is 18.2 Å². The Morgan fingerprint density at radius 3 is 2.67 bits per heavy atom. The summed E-state index contributed by atoms with van der Waals surface area (Å²) in [6.45, 7) is 4.39. The van der Waals surface area contributed by atoms with E-state index in [1.165, 1.54) is 0 Å². The number of carbonyl (C=O) groups excluding carboxylic acids is 1. The van der Waals surface area contributed by atoms with Crippen molar-refractivity contribution in [3.63, 3.8) is 0 Å². The number of hydrogen-bond donors (Lipinski definition) is 1. The Balaban J connectivity index is 1.87. The van der Waals surface area contributed by atoms with E-state index in [4.69, 9.17) is 4.52 Å². The second-order valence-corrected chi connectivity index (χ2v) is 5.25. The van der Waals surface area contributed by atoms with E-state index >= 15 is 0 Å². The molecule has 5 heteroatoms. The van der Waals surface area contributed by atoms with Gasteiger partial charge in [-0.05, 0) is 32.6 Å². The summed E-state index contributed by atoms with van der Waals surface area (Å²) >= 11 is 0. The number of amides is 1. The van der Waals surface area contributed by atoms with Gasteiger partial charge in [-0.25, -0.2) is 0 Å². The maximum Gasteiger partial charge on any atom is 0.226 e. The molecule has 0 aliphatic heterocycles. The van der Waals surface area contributed by atoms with Gasteiger partial charge in [0.2, 0.25) is 5.91 Å². The maximum atomic E-state index is 12.1. The molecule has 0 radical (unpaired) electrons. The molecule has 1 N–H and O–H groups in total. The molecule has 1 saturated carbocycles. The quantitative estimate of drug-likeness (QED) is 0.870. The number of likely N-dealkylation sites (N-methyl/N-ethyl adjacent to an activating group) is 1. The fourth-order valence-electron chi connectivity index (χ4n) is 2.38. The lowest BCUT2D eigenvalue weighted by atomic mass is 9.82. The molecule has 1 heterocycles. The number of aliphatic hydroxyl groups excluding tert-OH is 1. The van der Waals surface area contributed by atoms with Gasteiger partial charge in [0.15, 0.2) is 0 Å². The third-order valence-corrected chi connectivity index (χ3v) is 3.68. The van der Waals surface area contributed by atoms with Crippen LogP contribution in [0.2, 0.25) is 0 Å². The third-order valence-electron chi connectivity index (χ3n) is 3.68. The van der Waals surface area contributed by atoms with Crippen LogP contribution in [0.1, 0.15) is 29.9 Å². The molecule has 100 valence electrons. The van der Waals surface area contributed by atoms with Crippen molar-refractivity contribution in [3.05, 3.63) is 17.0 Å². The molecule has 0 atom stereocenters. The molecule has 5 nitrogen and oxygen atoms in total. The lowest BCUT2D eigenvalue weighted by Gasteiger charge is -2.34. The highest BCUT2D eigenvalue weighted by Gasteiger charge is 2.29. The Labute approximate surface area is 107 Å². The van der Waals surface area contributed by atoms with Crippen LogP contribution >= 0.6 is 0 Å². The average Bonchev–Trinajstić information content (AvgIpc) is 2.58. The third kappa shape index (κ3) is 2.72. The van der Waals surface area contributed by atoms with Gasteiger partial charge in [-0.3, -0.25) is 4.79 Å². The Bertz CT molecular complexity index is 416. The van der Waals surface area contributed by atoms with Crippen molar-refractivity contribution in [2.24, 2.45) is 5.92 Å². The number of carbonyl (C=O) groups is 1. The van der Waals surface area contributed by atoms with Crippen LogP contribution in [0.15, 0.2) is 4.52 Å². The van der Waals surface area contributed by atoms with Crippen molar-refractivity contribution in [1.82, 2.24) is 10.1 Å². The second kappa shape index (κ2) is 5.10. The number of aryl methyl sites for hydroxylation is 2. The Morgan fingerprint density at radius 1 is 1.50 bits per heavy atom. The van der Waals surface area contributed by atoms with Gasteiger partial charge in [0, 0.05) is 19.2 Å². The Morgan fingerprint density at radius 2 is 2.17 bits per heavy atom. The topological polar surface area (TPSA) is 66.6 Å². The molecule has 0 saturated heterocycles. The van der Waals surface area contributed by atoms with Gasteiger partial charge in [-0.15, -0.1) is 0 Å². The summed E-state index contributed by atoms with van der Waals surface area (Å²) < 4.78 is 5.05. The van der Waals surface area contributed by atoms with Gasteiger partial charge >= 0.3 is 0 Å². The first-order valence-electron chi connectivity index (χ1n) is 6.31. The van der Waals surface area contributed by atoms with E-state index in [0.717, 1.165) is 30.6 Å². The molecule has 0 spiro atoms. The highest BCUT2D eigenvalue weighted by Crippen LogP contribution is 2.27. The average molecular weight is 252 g/mol. The number of rotatable bonds is 4. The van der Waals surface area contributed by atoms with Crippen LogP contribution in [0.4, 0.5) is 0 Å². The predicted molar refractivity (Wildman–Crippen MR) is 66.0 cm³/mol. The molecule has 1 aromatic heterocycles. The molecule has 0 aromatic carbocycles. The molecular formula is C13H20N2O3. The molecule has 2 rings (SSSR count). The predicted octanol–water partition coefficient (Wildman–Crippen LogP) is 1.06. The fourth-order valence-corrected chi connectivity index (χ4v) is 2.38. The molecule has 0 bridgehead atoms. The summed E-state index contributed by atoms with van der Waals surface area (Å²) in [5, 5.41) is 13.1. The summed E-state index contributed by atoms with van der Waals surface area (Å²) in [5.41, 5.74) is 1.67. The highest BCUT2D eigenvalue weighted by molar-refractivity contribution is 5.79. The van der Waals surface area contributed by atoms with Crippen LogP contribution in [-0.4, -0.2) is 40.8 Å². The van der Waals surface area contributed by atoms with E-state index in [-0.39, 0.29) is 12.0 Å². The Kier molecular flexibility index (Phi) is 3.71. The first-order chi connectivity index (χ1) is 8.47. The van der Waals surface area contributed by atoms with Crippen molar-refractivity contribution < 1.29 is 14.4 Å². The van der Waals surface area contributed by atoms with Crippen LogP contribution in [0.5, 0.6) is 0 Å². The minimum Gasteiger partial charge on any atom is -0.393 e. The van der Waals surface area contributed by atoms with Crippen molar-refractivity contribution in [2.75, 3.05) is 13.6 Å². The standard InChI is InChI=1S/C13H20N2O3/c1-8-12(9(2)18-14-8)6-13(17)15(3)7-10-4-11(16)5-10/h10-11,16H,4-7H2,1-3H3. The number of nitrogens with zero attached hydrogens (tertiary/aromatic N) is 2. The van der Waals surface area contributed by atoms with Gasteiger partial charge in [-0.1, -0.05) is 5.16 Å². The van der Waals surface area contributed by atoms with Gasteiger partial charge in [0.25, 0.3) is 0 Å². The van der Waals surface area contributed by atoms with E-state index in [0.29, 0.717) is 18.1 Å². The Hall–Kier alpha value is -1.36. The largest absolute Gasteiger partial charge is 0.393 e. The van der Waals surface area contributed by atoms with Crippen LogP contribution in [0.3, 0.4) is 0 Å². The summed E-state index contributed by atoms with van der Waals surface area (Å²) in [7, 11) is 1.81. The lowest BCUT2D eigenvalue weighted by Crippen LogP contribution is -2.40. The van der Waals surface area contributed by atoms with Crippen LogP contribution in [-0.2, 0) is 11.2 Å². The van der Waals surface area contributed by atoms with E-state index in [1.54, 1.807) is 4.90 Å². The minimum absolute atomic E-state index is 0.0748. The molecule has 0 unspecified atom stereocenters. The molecule has 1 fully saturated rings. The number of aromatic nitrogens is 1. The van der Waals surface area contributed by atoms with Crippen LogP contribution in [0, 0.1) is 19.8 Å². The van der Waals surface area contributed by atoms with E-state index in [2.05, 4.69) is 5.16 Å². The zero-order valence-electron chi connectivity index (χ0n) is 11.1. The smallest absolute Gasteiger partial charge is 0.226 e. The summed E-state index contributed by atoms with van der Waals surface area (Å²) in [6, 6.07) is 0. The molecule has 1 aliphatic carbocycles. The fraction of sp³-hybridized carbons (Fsp3) is 0.692. The normalized spacial score (nSPS) is 22.7. The summed E-state index contributed by atoms with van der Waals surface area (Å²) in [4.78, 5) is 13.8. The highest BCUT2D eigenvalue weighted by atomic mass is 16.5. The minimum atomic E-state index is -0.166. The number of aliphatic hydroxyl groups is 1. The van der Waals surface area contributed by atoms with Crippen molar-refractivity contribution in [1.29, 1.82) is 0 Å². The molecular weight excluding hydrogens is 232 g/mol. The van der Waals surface area contributed by atoms with E-state index in [9.17, 15) is 9.90 Å². The first-order valence-corrected chi connectivity index (χ1v) is 6.31. The van der Waals surface area contributed by atoms with Crippen molar-refractivity contribution >= 4 is 5.91 Å². The summed E-state index contributed by atoms with van der Waals surface area (Å²) in [5.74, 6) is 1.23.